The Balaban J connectivity index is 1.60. The van der Waals surface area contributed by atoms with Crippen molar-refractivity contribution >= 4 is 34.9 Å². The van der Waals surface area contributed by atoms with Crippen molar-refractivity contribution in [3.63, 3.8) is 0 Å². The molecular weight excluding hydrogens is 330 g/mol. The maximum atomic E-state index is 11.6. The highest BCUT2D eigenvalue weighted by Crippen LogP contribution is 2.18. The zero-order valence-corrected chi connectivity index (χ0v) is 13.7. The highest BCUT2D eigenvalue weighted by atomic mass is 35.5. The van der Waals surface area contributed by atoms with Crippen molar-refractivity contribution in [1.29, 1.82) is 0 Å². The van der Waals surface area contributed by atoms with Crippen molar-refractivity contribution in [3.8, 4) is 0 Å². The van der Waals surface area contributed by atoms with E-state index in [2.05, 4.69) is 20.7 Å². The number of nitrogens with zero attached hydrogens (tertiary/aromatic N) is 3. The van der Waals surface area contributed by atoms with Crippen LogP contribution in [0.15, 0.2) is 47.6 Å². The topological polar surface area (TPSA) is 78.8 Å². The summed E-state index contributed by atoms with van der Waals surface area (Å²) in [5.74, 6) is 0.271. The van der Waals surface area contributed by atoms with E-state index in [9.17, 15) is 4.79 Å². The SMILES string of the molecule is CCOC(=O)c1ccc(NC2=NCN(c3ccnc(Cl)c3)N2)cc1. The van der Waals surface area contributed by atoms with Gasteiger partial charge in [0, 0.05) is 18.0 Å². The standard InChI is InChI=1S/C16H16ClN5O2/c1-2-24-15(23)11-3-5-12(6-4-11)20-16-19-10-22(21-16)13-7-8-18-14(17)9-13/h3-9H,2,10H2,1H3,(H2,19,20,21). The number of guanidine groups is 1. The number of hydrazine groups is 1. The molecule has 0 saturated heterocycles. The van der Waals surface area contributed by atoms with Crippen LogP contribution in [0.3, 0.4) is 0 Å². The van der Waals surface area contributed by atoms with Crippen LogP contribution in [0.5, 0.6) is 0 Å². The van der Waals surface area contributed by atoms with Gasteiger partial charge < -0.3 is 10.1 Å². The number of nitrogens with one attached hydrogen (secondary N) is 2. The lowest BCUT2D eigenvalue weighted by Gasteiger charge is -2.18. The highest BCUT2D eigenvalue weighted by Gasteiger charge is 2.16. The lowest BCUT2D eigenvalue weighted by molar-refractivity contribution is 0.0526. The van der Waals surface area contributed by atoms with Crippen molar-refractivity contribution in [3.05, 3.63) is 53.3 Å². The molecule has 0 unspecified atom stereocenters. The first-order valence-corrected chi connectivity index (χ1v) is 7.78. The molecule has 3 rings (SSSR count). The third kappa shape index (κ3) is 3.75. The van der Waals surface area contributed by atoms with E-state index in [1.807, 2.05) is 11.1 Å². The molecule has 2 N–H and O–H groups in total. The Bertz CT molecular complexity index is 763. The average molecular weight is 346 g/mol. The molecule has 1 aliphatic heterocycles. The molecule has 0 saturated carbocycles. The van der Waals surface area contributed by atoms with Crippen LogP contribution in [0.2, 0.25) is 5.15 Å². The summed E-state index contributed by atoms with van der Waals surface area (Å²) < 4.78 is 4.96. The predicted octanol–water partition coefficient (Wildman–Crippen LogP) is 2.66. The number of halogens is 1. The molecule has 0 atom stereocenters. The number of hydrogen-bond acceptors (Lipinski definition) is 7. The Morgan fingerprint density at radius 3 is 2.88 bits per heavy atom. The fraction of sp³-hybridized carbons (Fsp3) is 0.188. The molecule has 1 aromatic heterocycles. The third-order valence-corrected chi connectivity index (χ3v) is 3.50. The van der Waals surface area contributed by atoms with Crippen LogP contribution in [-0.2, 0) is 4.74 Å². The number of benzene rings is 1. The number of carbonyl (C=O) groups is 1. The second-order valence-corrected chi connectivity index (χ2v) is 5.33. The van der Waals surface area contributed by atoms with E-state index in [1.54, 1.807) is 43.5 Å². The predicted molar refractivity (Wildman–Crippen MR) is 93.2 cm³/mol. The van der Waals surface area contributed by atoms with E-state index in [0.29, 0.717) is 30.0 Å². The van der Waals surface area contributed by atoms with Gasteiger partial charge in [0.2, 0.25) is 5.96 Å². The number of rotatable bonds is 4. The van der Waals surface area contributed by atoms with Gasteiger partial charge in [-0.05, 0) is 37.3 Å². The van der Waals surface area contributed by atoms with E-state index in [-0.39, 0.29) is 5.97 Å². The first-order chi connectivity index (χ1) is 11.7. The Hall–Kier alpha value is -2.80. The molecule has 0 fully saturated rings. The summed E-state index contributed by atoms with van der Waals surface area (Å²) in [7, 11) is 0. The van der Waals surface area contributed by atoms with Crippen LogP contribution >= 0.6 is 11.6 Å². The molecule has 0 aliphatic carbocycles. The Morgan fingerprint density at radius 2 is 2.17 bits per heavy atom. The number of esters is 1. The van der Waals surface area contributed by atoms with Crippen LogP contribution in [-0.4, -0.2) is 30.2 Å². The largest absolute Gasteiger partial charge is 0.462 e. The monoisotopic (exact) mass is 345 g/mol. The second-order valence-electron chi connectivity index (χ2n) is 4.95. The van der Waals surface area contributed by atoms with Crippen LogP contribution < -0.4 is 15.8 Å². The lowest BCUT2D eigenvalue weighted by Crippen LogP contribution is -2.39. The zero-order valence-electron chi connectivity index (χ0n) is 13.0. The molecular formula is C16H16ClN5O2. The number of aliphatic imine (C=N–C) groups is 1. The fourth-order valence-corrected chi connectivity index (χ4v) is 2.32. The van der Waals surface area contributed by atoms with Crippen molar-refractivity contribution < 1.29 is 9.53 Å². The average Bonchev–Trinajstić information content (AvgIpc) is 3.04. The summed E-state index contributed by atoms with van der Waals surface area (Å²) in [4.78, 5) is 20.0. The van der Waals surface area contributed by atoms with Crippen molar-refractivity contribution in [2.75, 3.05) is 23.6 Å². The van der Waals surface area contributed by atoms with Gasteiger partial charge in [-0.25, -0.2) is 14.8 Å². The molecule has 7 nitrogen and oxygen atoms in total. The molecule has 0 spiro atoms. The van der Waals surface area contributed by atoms with Crippen LogP contribution in [0.4, 0.5) is 11.4 Å². The quantitative estimate of drug-likeness (QED) is 0.655. The van der Waals surface area contributed by atoms with Crippen molar-refractivity contribution in [2.45, 2.75) is 6.92 Å². The molecule has 0 bridgehead atoms. The summed E-state index contributed by atoms with van der Waals surface area (Å²) in [5.41, 5.74) is 5.32. The van der Waals surface area contributed by atoms with Gasteiger partial charge in [0.05, 0.1) is 17.9 Å². The first-order valence-electron chi connectivity index (χ1n) is 7.40. The minimum atomic E-state index is -0.332. The summed E-state index contributed by atoms with van der Waals surface area (Å²) in [6.07, 6.45) is 1.64. The minimum absolute atomic E-state index is 0.332. The van der Waals surface area contributed by atoms with Crippen LogP contribution in [0.1, 0.15) is 17.3 Å². The molecule has 124 valence electrons. The van der Waals surface area contributed by atoms with E-state index in [0.717, 1.165) is 11.4 Å². The lowest BCUT2D eigenvalue weighted by atomic mass is 10.2. The van der Waals surface area contributed by atoms with E-state index in [1.165, 1.54) is 0 Å². The van der Waals surface area contributed by atoms with Gasteiger partial charge in [-0.3, -0.25) is 10.4 Å². The summed E-state index contributed by atoms with van der Waals surface area (Å²) in [6.45, 7) is 2.58. The van der Waals surface area contributed by atoms with Gasteiger partial charge in [0.1, 0.15) is 11.8 Å². The Labute approximate surface area is 144 Å². The maximum Gasteiger partial charge on any atom is 0.338 e. The molecule has 24 heavy (non-hydrogen) atoms. The zero-order chi connectivity index (χ0) is 16.9. The summed E-state index contributed by atoms with van der Waals surface area (Å²) in [5, 5.41) is 5.41. The van der Waals surface area contributed by atoms with E-state index >= 15 is 0 Å². The molecule has 0 amide bonds. The molecule has 2 aromatic rings. The van der Waals surface area contributed by atoms with Gasteiger partial charge >= 0.3 is 5.97 Å². The molecule has 2 heterocycles. The Kier molecular flexibility index (Phi) is 4.81. The fourth-order valence-electron chi connectivity index (χ4n) is 2.15. The number of anilines is 2. The normalized spacial score (nSPS) is 13.2. The van der Waals surface area contributed by atoms with E-state index < -0.39 is 0 Å². The van der Waals surface area contributed by atoms with Crippen molar-refractivity contribution in [2.24, 2.45) is 4.99 Å². The van der Waals surface area contributed by atoms with Crippen molar-refractivity contribution in [1.82, 2.24) is 10.4 Å². The van der Waals surface area contributed by atoms with Gasteiger partial charge in [-0.1, -0.05) is 11.6 Å². The second kappa shape index (κ2) is 7.18. The summed E-state index contributed by atoms with van der Waals surface area (Å²) in [6, 6.07) is 10.6. The van der Waals surface area contributed by atoms with Crippen LogP contribution in [0, 0.1) is 0 Å². The molecule has 1 aromatic carbocycles. The Morgan fingerprint density at radius 1 is 1.38 bits per heavy atom. The molecule has 1 aliphatic rings. The third-order valence-electron chi connectivity index (χ3n) is 3.29. The number of hydrogen-bond donors (Lipinski definition) is 2. The number of aromatic nitrogens is 1. The van der Waals surface area contributed by atoms with Gasteiger partial charge in [-0.15, -0.1) is 0 Å². The van der Waals surface area contributed by atoms with Gasteiger partial charge in [0.25, 0.3) is 0 Å². The first kappa shape index (κ1) is 16.1. The smallest absolute Gasteiger partial charge is 0.338 e. The molecule has 0 radical (unpaired) electrons. The van der Waals surface area contributed by atoms with Gasteiger partial charge in [0.15, 0.2) is 0 Å². The number of pyridine rings is 1. The van der Waals surface area contributed by atoms with Crippen LogP contribution in [0.25, 0.3) is 0 Å². The van der Waals surface area contributed by atoms with Gasteiger partial charge in [-0.2, -0.15) is 0 Å². The minimum Gasteiger partial charge on any atom is -0.462 e. The number of carbonyl (C=O) groups excluding carboxylic acids is 1. The summed E-state index contributed by atoms with van der Waals surface area (Å²) >= 11 is 5.90. The number of ether oxygens (including phenoxy) is 1. The highest BCUT2D eigenvalue weighted by molar-refractivity contribution is 6.29. The molecule has 8 heteroatoms. The van der Waals surface area contributed by atoms with E-state index in [4.69, 9.17) is 16.3 Å². The maximum absolute atomic E-state index is 11.6.